The van der Waals surface area contributed by atoms with Gasteiger partial charge in [-0.3, -0.25) is 4.79 Å². The normalized spacial score (nSPS) is 23.4. The van der Waals surface area contributed by atoms with Gasteiger partial charge in [-0.05, 0) is 40.8 Å². The van der Waals surface area contributed by atoms with Gasteiger partial charge in [0.05, 0.1) is 5.69 Å². The Morgan fingerprint density at radius 2 is 2.31 bits per heavy atom. The summed E-state index contributed by atoms with van der Waals surface area (Å²) in [5.74, 6) is -0.510. The van der Waals surface area contributed by atoms with Crippen LogP contribution in [0.1, 0.15) is 12.0 Å². The van der Waals surface area contributed by atoms with E-state index in [1.165, 1.54) is 11.0 Å². The molecule has 2 rings (SSSR count). The summed E-state index contributed by atoms with van der Waals surface area (Å²) < 4.78 is 15.6. The second-order valence-electron chi connectivity index (χ2n) is 3.82. The molecule has 0 N–H and O–H groups in total. The van der Waals surface area contributed by atoms with E-state index < -0.39 is 11.6 Å². The van der Waals surface area contributed by atoms with Crippen molar-refractivity contribution in [3.63, 3.8) is 0 Å². The summed E-state index contributed by atoms with van der Waals surface area (Å²) in [6.45, 7) is 3.51. The lowest BCUT2D eigenvalue weighted by Gasteiger charge is -2.16. The Morgan fingerprint density at radius 3 is 2.94 bits per heavy atom. The van der Waals surface area contributed by atoms with Crippen molar-refractivity contribution in [2.24, 2.45) is 0 Å². The molecule has 1 aromatic rings. The first-order valence-electron chi connectivity index (χ1n) is 4.88. The number of fused-ring (bicyclic) bond motifs is 1. The zero-order chi connectivity index (χ0) is 11.9. The fourth-order valence-electron chi connectivity index (χ4n) is 2.00. The van der Waals surface area contributed by atoms with Crippen LogP contribution in [-0.2, 0) is 10.5 Å². The molecule has 1 unspecified atom stereocenters. The predicted octanol–water partition coefficient (Wildman–Crippen LogP) is 3.01. The Bertz CT molecular complexity index is 474. The number of amides is 1. The van der Waals surface area contributed by atoms with Gasteiger partial charge in [0.2, 0.25) is 5.67 Å². The van der Waals surface area contributed by atoms with Gasteiger partial charge in [-0.2, -0.15) is 0 Å². The molecule has 2 nitrogen and oxygen atoms in total. The summed E-state index contributed by atoms with van der Waals surface area (Å²) in [6, 6.07) is 5.36. The molecule has 16 heavy (non-hydrogen) atoms. The molecule has 0 saturated heterocycles. The van der Waals surface area contributed by atoms with Gasteiger partial charge in [0.15, 0.2) is 0 Å². The van der Waals surface area contributed by atoms with E-state index in [-0.39, 0.29) is 6.42 Å². The lowest BCUT2D eigenvalue weighted by Crippen LogP contribution is -2.34. The fraction of sp³-hybridized carbons (Fsp3) is 0.250. The van der Waals surface area contributed by atoms with E-state index >= 15 is 0 Å². The maximum Gasteiger partial charge on any atom is 0.269 e. The van der Waals surface area contributed by atoms with Crippen LogP contribution in [-0.4, -0.2) is 13.0 Å². The van der Waals surface area contributed by atoms with Gasteiger partial charge < -0.3 is 4.90 Å². The maximum atomic E-state index is 14.7. The van der Waals surface area contributed by atoms with E-state index in [9.17, 15) is 9.18 Å². The molecule has 0 saturated carbocycles. The number of hydrogen-bond donors (Lipinski definition) is 0. The van der Waals surface area contributed by atoms with E-state index in [0.717, 1.165) is 3.57 Å². The highest BCUT2D eigenvalue weighted by Crippen LogP contribution is 2.45. The molecule has 1 aliphatic rings. The summed E-state index contributed by atoms with van der Waals surface area (Å²) in [7, 11) is 1.60. The number of carbonyl (C=O) groups excluding carboxylic acids is 1. The second-order valence-corrected chi connectivity index (χ2v) is 5.07. The van der Waals surface area contributed by atoms with Crippen molar-refractivity contribution < 1.29 is 9.18 Å². The number of nitrogens with zero attached hydrogens (tertiary/aromatic N) is 1. The van der Waals surface area contributed by atoms with Crippen molar-refractivity contribution in [2.45, 2.75) is 12.1 Å². The van der Waals surface area contributed by atoms with Crippen molar-refractivity contribution in [1.29, 1.82) is 0 Å². The largest absolute Gasteiger partial charge is 0.312 e. The van der Waals surface area contributed by atoms with E-state index in [2.05, 4.69) is 29.2 Å². The predicted molar refractivity (Wildman–Crippen MR) is 70.2 cm³/mol. The summed E-state index contributed by atoms with van der Waals surface area (Å²) in [6.07, 6.45) is 1.46. The van der Waals surface area contributed by atoms with Crippen LogP contribution in [0, 0.1) is 3.57 Å². The molecular formula is C12H11FINO. The van der Waals surface area contributed by atoms with Crippen molar-refractivity contribution in [3.05, 3.63) is 40.0 Å². The Kier molecular flexibility index (Phi) is 2.77. The monoisotopic (exact) mass is 331 g/mol. The van der Waals surface area contributed by atoms with Gasteiger partial charge in [0.25, 0.3) is 5.91 Å². The van der Waals surface area contributed by atoms with Gasteiger partial charge in [0.1, 0.15) is 0 Å². The summed E-state index contributed by atoms with van der Waals surface area (Å²) in [4.78, 5) is 13.3. The highest BCUT2D eigenvalue weighted by molar-refractivity contribution is 14.1. The van der Waals surface area contributed by atoms with Crippen LogP contribution in [0.15, 0.2) is 30.9 Å². The number of benzene rings is 1. The molecule has 0 spiro atoms. The van der Waals surface area contributed by atoms with Gasteiger partial charge in [-0.1, -0.05) is 6.08 Å². The molecule has 4 heteroatoms. The average molecular weight is 331 g/mol. The smallest absolute Gasteiger partial charge is 0.269 e. The fourth-order valence-corrected chi connectivity index (χ4v) is 2.50. The van der Waals surface area contributed by atoms with E-state index in [1.54, 1.807) is 19.2 Å². The average Bonchev–Trinajstić information content (AvgIpc) is 2.42. The van der Waals surface area contributed by atoms with E-state index in [4.69, 9.17) is 0 Å². The first-order chi connectivity index (χ1) is 7.50. The third-order valence-corrected chi connectivity index (χ3v) is 3.49. The van der Waals surface area contributed by atoms with Gasteiger partial charge in [0, 0.05) is 22.6 Å². The zero-order valence-corrected chi connectivity index (χ0v) is 11.0. The van der Waals surface area contributed by atoms with Crippen LogP contribution in [0.5, 0.6) is 0 Å². The maximum absolute atomic E-state index is 14.7. The van der Waals surface area contributed by atoms with E-state index in [0.29, 0.717) is 11.3 Å². The minimum atomic E-state index is -1.94. The molecule has 1 heterocycles. The molecule has 1 atom stereocenters. The Balaban J connectivity index is 2.63. The van der Waals surface area contributed by atoms with Crippen LogP contribution in [0.25, 0.3) is 0 Å². The molecule has 0 bridgehead atoms. The van der Waals surface area contributed by atoms with Crippen LogP contribution in [0.3, 0.4) is 0 Å². The zero-order valence-electron chi connectivity index (χ0n) is 8.84. The second kappa shape index (κ2) is 3.84. The molecule has 0 fully saturated rings. The van der Waals surface area contributed by atoms with Crippen LogP contribution >= 0.6 is 22.6 Å². The Hall–Kier alpha value is -0.910. The summed E-state index contributed by atoms with van der Waals surface area (Å²) in [5.41, 5.74) is -0.839. The number of anilines is 1. The number of hydrogen-bond acceptors (Lipinski definition) is 1. The van der Waals surface area contributed by atoms with Crippen molar-refractivity contribution >= 4 is 34.2 Å². The van der Waals surface area contributed by atoms with Crippen LogP contribution in [0.2, 0.25) is 0 Å². The van der Waals surface area contributed by atoms with Crippen LogP contribution < -0.4 is 4.90 Å². The molecule has 84 valence electrons. The molecule has 0 aromatic heterocycles. The molecule has 0 radical (unpaired) electrons. The lowest BCUT2D eigenvalue weighted by atomic mass is 9.94. The number of carbonyl (C=O) groups is 1. The molecule has 0 aliphatic carbocycles. The molecule has 1 aromatic carbocycles. The number of allylic oxidation sites excluding steroid dienone is 1. The van der Waals surface area contributed by atoms with Crippen molar-refractivity contribution in [2.75, 3.05) is 11.9 Å². The topological polar surface area (TPSA) is 20.3 Å². The first-order valence-corrected chi connectivity index (χ1v) is 5.96. The minimum Gasteiger partial charge on any atom is -0.312 e. The van der Waals surface area contributed by atoms with Crippen molar-refractivity contribution in [1.82, 2.24) is 0 Å². The number of alkyl halides is 1. The van der Waals surface area contributed by atoms with Gasteiger partial charge in [-0.25, -0.2) is 4.39 Å². The third-order valence-electron chi connectivity index (χ3n) is 2.82. The highest BCUT2D eigenvalue weighted by Gasteiger charge is 2.49. The summed E-state index contributed by atoms with van der Waals surface area (Å²) >= 11 is 2.11. The third kappa shape index (κ3) is 1.47. The number of likely N-dealkylation sites (N-methyl/N-ethyl adjacent to an activating group) is 1. The standard InChI is InChI=1S/C12H11FINO/c1-3-6-12(13)9-7-8(14)4-5-10(9)15(2)11(12)16/h3-5,7H,1,6H2,2H3. The number of halogens is 2. The van der Waals surface area contributed by atoms with Gasteiger partial charge >= 0.3 is 0 Å². The SMILES string of the molecule is C=CCC1(F)C(=O)N(C)c2ccc(I)cc21. The van der Waals surface area contributed by atoms with Crippen LogP contribution in [0.4, 0.5) is 10.1 Å². The first kappa shape index (κ1) is 11.6. The van der Waals surface area contributed by atoms with Gasteiger partial charge in [-0.15, -0.1) is 6.58 Å². The minimum absolute atomic E-state index is 0.0171. The molecular weight excluding hydrogens is 320 g/mol. The molecule has 1 aliphatic heterocycles. The van der Waals surface area contributed by atoms with Crippen molar-refractivity contribution in [3.8, 4) is 0 Å². The quantitative estimate of drug-likeness (QED) is 0.603. The Morgan fingerprint density at radius 1 is 1.62 bits per heavy atom. The lowest BCUT2D eigenvalue weighted by molar-refractivity contribution is -0.128. The summed E-state index contributed by atoms with van der Waals surface area (Å²) in [5, 5.41) is 0. The Labute approximate surface area is 107 Å². The van der Waals surface area contributed by atoms with E-state index in [1.807, 2.05) is 6.07 Å². The highest BCUT2D eigenvalue weighted by atomic mass is 127. The molecule has 1 amide bonds. The number of rotatable bonds is 2.